The van der Waals surface area contributed by atoms with Crippen LogP contribution in [-0.2, 0) is 4.74 Å². The van der Waals surface area contributed by atoms with Gasteiger partial charge in [-0.15, -0.1) is 0 Å². The second kappa shape index (κ2) is 10.0. The van der Waals surface area contributed by atoms with Gasteiger partial charge in [0.2, 0.25) is 0 Å². The summed E-state index contributed by atoms with van der Waals surface area (Å²) in [5.74, 6) is 1.60. The summed E-state index contributed by atoms with van der Waals surface area (Å²) in [6.07, 6.45) is 5.41. The monoisotopic (exact) mass is 454 g/mol. The predicted octanol–water partition coefficient (Wildman–Crippen LogP) is 2.52. The van der Waals surface area contributed by atoms with Crippen LogP contribution < -0.4 is 19.7 Å². The Morgan fingerprint density at radius 3 is 2.79 bits per heavy atom. The van der Waals surface area contributed by atoms with Crippen molar-refractivity contribution in [3.05, 3.63) is 35.8 Å². The van der Waals surface area contributed by atoms with Crippen LogP contribution in [0, 0.1) is 0 Å². The number of pyridine rings is 1. The minimum Gasteiger partial charge on any atom is -0.496 e. The number of methoxy groups -OCH3 is 2. The van der Waals surface area contributed by atoms with Crippen LogP contribution in [0.3, 0.4) is 0 Å². The third kappa shape index (κ3) is 4.85. The highest BCUT2D eigenvalue weighted by Gasteiger charge is 2.26. The van der Waals surface area contributed by atoms with Crippen LogP contribution in [-0.4, -0.2) is 72.9 Å². The second-order valence-corrected chi connectivity index (χ2v) is 8.10. The topological polar surface area (TPSA) is 114 Å². The van der Waals surface area contributed by atoms with E-state index in [1.54, 1.807) is 33.5 Å². The predicted molar refractivity (Wildman–Crippen MR) is 124 cm³/mol. The normalized spacial score (nSPS) is 15.5. The number of aromatic nitrogens is 4. The number of aromatic amines is 1. The summed E-state index contributed by atoms with van der Waals surface area (Å²) in [6.45, 7) is 3.85. The molecule has 4 heterocycles. The Bertz CT molecular complexity index is 1110. The molecule has 1 atom stereocenters. The SMILES string of the molecule is CNC(=O)c1cc(N2CCC(c3c[nH]c4nccc(OC)c34)CC2)nc(O[C@H](C)COC)n1. The zero-order valence-electron chi connectivity index (χ0n) is 19.4. The zero-order chi connectivity index (χ0) is 23.4. The van der Waals surface area contributed by atoms with Crippen molar-refractivity contribution in [2.24, 2.45) is 0 Å². The lowest BCUT2D eigenvalue weighted by molar-refractivity contribution is 0.0844. The minimum atomic E-state index is -0.281. The molecule has 0 bridgehead atoms. The average molecular weight is 455 g/mol. The molecule has 10 heteroatoms. The van der Waals surface area contributed by atoms with Crippen molar-refractivity contribution >= 4 is 22.8 Å². The fourth-order valence-electron chi connectivity index (χ4n) is 4.28. The lowest BCUT2D eigenvalue weighted by Crippen LogP contribution is -2.34. The van der Waals surface area contributed by atoms with Crippen molar-refractivity contribution < 1.29 is 19.0 Å². The smallest absolute Gasteiger partial charge is 0.319 e. The molecule has 0 radical (unpaired) electrons. The summed E-state index contributed by atoms with van der Waals surface area (Å²) < 4.78 is 16.5. The van der Waals surface area contributed by atoms with Crippen molar-refractivity contribution in [3.8, 4) is 11.8 Å². The molecule has 0 aliphatic carbocycles. The number of carbonyl (C=O) groups is 1. The van der Waals surface area contributed by atoms with Crippen LogP contribution in [0.2, 0.25) is 0 Å². The molecule has 0 aromatic carbocycles. The molecule has 1 fully saturated rings. The van der Waals surface area contributed by atoms with Crippen LogP contribution in [0.1, 0.15) is 41.7 Å². The maximum Gasteiger partial charge on any atom is 0.319 e. The number of carbonyl (C=O) groups excluding carboxylic acids is 1. The molecular formula is C23H30N6O4. The zero-order valence-corrected chi connectivity index (χ0v) is 19.4. The van der Waals surface area contributed by atoms with Gasteiger partial charge in [-0.2, -0.15) is 9.97 Å². The highest BCUT2D eigenvalue weighted by Crippen LogP contribution is 2.37. The molecule has 0 unspecified atom stereocenters. The first kappa shape index (κ1) is 22.8. The number of hydrogen-bond donors (Lipinski definition) is 2. The molecule has 4 rings (SSSR count). The molecule has 33 heavy (non-hydrogen) atoms. The summed E-state index contributed by atoms with van der Waals surface area (Å²) in [7, 11) is 4.87. The van der Waals surface area contributed by atoms with Gasteiger partial charge in [-0.05, 0) is 37.3 Å². The Labute approximate surface area is 192 Å². The lowest BCUT2D eigenvalue weighted by atomic mass is 9.89. The van der Waals surface area contributed by atoms with Gasteiger partial charge in [0.1, 0.15) is 29.0 Å². The first-order valence-corrected chi connectivity index (χ1v) is 11.1. The number of H-pyrrole nitrogens is 1. The highest BCUT2D eigenvalue weighted by molar-refractivity contribution is 5.92. The number of nitrogens with one attached hydrogen (secondary N) is 2. The molecule has 1 aliphatic heterocycles. The Morgan fingerprint density at radius 1 is 1.30 bits per heavy atom. The fraction of sp³-hybridized carbons (Fsp3) is 0.478. The number of nitrogens with zero attached hydrogens (tertiary/aromatic N) is 4. The van der Waals surface area contributed by atoms with E-state index < -0.39 is 0 Å². The molecule has 2 N–H and O–H groups in total. The molecule has 3 aromatic heterocycles. The number of hydrogen-bond acceptors (Lipinski definition) is 8. The van der Waals surface area contributed by atoms with E-state index in [-0.39, 0.29) is 23.7 Å². The van der Waals surface area contributed by atoms with Gasteiger partial charge >= 0.3 is 6.01 Å². The number of anilines is 1. The van der Waals surface area contributed by atoms with Crippen LogP contribution in [0.25, 0.3) is 11.0 Å². The Hall–Kier alpha value is -3.40. The Balaban J connectivity index is 1.54. The number of piperidine rings is 1. The van der Waals surface area contributed by atoms with E-state index in [9.17, 15) is 4.79 Å². The van der Waals surface area contributed by atoms with Gasteiger partial charge in [0, 0.05) is 45.7 Å². The van der Waals surface area contributed by atoms with Gasteiger partial charge in [-0.3, -0.25) is 4.79 Å². The van der Waals surface area contributed by atoms with Crippen molar-refractivity contribution in [1.29, 1.82) is 0 Å². The molecule has 1 aliphatic rings. The van der Waals surface area contributed by atoms with Gasteiger partial charge in [0.25, 0.3) is 5.91 Å². The minimum absolute atomic E-state index is 0.171. The fourth-order valence-corrected chi connectivity index (χ4v) is 4.28. The molecule has 0 spiro atoms. The second-order valence-electron chi connectivity index (χ2n) is 8.10. The molecule has 1 saturated heterocycles. The maximum atomic E-state index is 12.3. The molecule has 3 aromatic rings. The molecule has 1 amide bonds. The van der Waals surface area contributed by atoms with Crippen molar-refractivity contribution in [2.75, 3.05) is 45.9 Å². The quantitative estimate of drug-likeness (QED) is 0.534. The van der Waals surface area contributed by atoms with Gasteiger partial charge in [0.05, 0.1) is 19.1 Å². The Kier molecular flexibility index (Phi) is 6.93. The first-order chi connectivity index (χ1) is 16.0. The summed E-state index contributed by atoms with van der Waals surface area (Å²) in [4.78, 5) is 31.0. The van der Waals surface area contributed by atoms with Crippen molar-refractivity contribution in [3.63, 3.8) is 0 Å². The third-order valence-electron chi connectivity index (χ3n) is 5.90. The van der Waals surface area contributed by atoms with Crippen molar-refractivity contribution in [2.45, 2.75) is 31.8 Å². The number of ether oxygens (including phenoxy) is 3. The van der Waals surface area contributed by atoms with Crippen molar-refractivity contribution in [1.82, 2.24) is 25.3 Å². The van der Waals surface area contributed by atoms with Gasteiger partial charge in [-0.25, -0.2) is 4.98 Å². The van der Waals surface area contributed by atoms with E-state index >= 15 is 0 Å². The van der Waals surface area contributed by atoms with Crippen LogP contribution in [0.15, 0.2) is 24.5 Å². The van der Waals surface area contributed by atoms with Gasteiger partial charge in [-0.1, -0.05) is 0 Å². The first-order valence-electron chi connectivity index (χ1n) is 11.1. The molecule has 0 saturated carbocycles. The van der Waals surface area contributed by atoms with E-state index in [0.717, 1.165) is 42.7 Å². The number of fused-ring (bicyclic) bond motifs is 1. The molecular weight excluding hydrogens is 424 g/mol. The summed E-state index contributed by atoms with van der Waals surface area (Å²) in [5.41, 5.74) is 2.34. The van der Waals surface area contributed by atoms with E-state index in [2.05, 4.69) is 30.2 Å². The van der Waals surface area contributed by atoms with Crippen LogP contribution in [0.5, 0.6) is 11.8 Å². The number of rotatable bonds is 8. The van der Waals surface area contributed by atoms with Gasteiger partial charge < -0.3 is 29.4 Å². The van der Waals surface area contributed by atoms with Gasteiger partial charge in [0.15, 0.2) is 0 Å². The van der Waals surface area contributed by atoms with E-state index in [1.807, 2.05) is 19.2 Å². The van der Waals surface area contributed by atoms with E-state index in [1.165, 1.54) is 5.56 Å². The third-order valence-corrected chi connectivity index (χ3v) is 5.90. The van der Waals surface area contributed by atoms with E-state index in [0.29, 0.717) is 18.3 Å². The van der Waals surface area contributed by atoms with Crippen LogP contribution in [0.4, 0.5) is 5.82 Å². The van der Waals surface area contributed by atoms with Crippen LogP contribution >= 0.6 is 0 Å². The standard InChI is InChI=1S/C23H30N6O4/c1-14(13-31-3)33-23-27-17(22(30)24-2)11-19(28-23)29-9-6-15(7-10-29)16-12-26-21-20(16)18(32-4)5-8-25-21/h5,8,11-12,14-15H,6-7,9-10,13H2,1-4H3,(H,24,30)(H,25,26)/t14-/m1/s1. The lowest BCUT2D eigenvalue weighted by Gasteiger charge is -2.33. The number of amides is 1. The average Bonchev–Trinajstić information content (AvgIpc) is 3.28. The molecule has 176 valence electrons. The maximum absolute atomic E-state index is 12.3. The largest absolute Gasteiger partial charge is 0.496 e. The summed E-state index contributed by atoms with van der Waals surface area (Å²) >= 11 is 0. The van der Waals surface area contributed by atoms with E-state index in [4.69, 9.17) is 14.2 Å². The summed E-state index contributed by atoms with van der Waals surface area (Å²) in [5, 5.41) is 3.67. The summed E-state index contributed by atoms with van der Waals surface area (Å²) in [6, 6.07) is 3.78. The highest BCUT2D eigenvalue weighted by atomic mass is 16.5. The molecule has 10 nitrogen and oxygen atoms in total. The Morgan fingerprint density at radius 2 is 2.09 bits per heavy atom.